The van der Waals surface area contributed by atoms with Crippen molar-refractivity contribution in [3.05, 3.63) is 64.1 Å². The van der Waals surface area contributed by atoms with Crippen LogP contribution in [0.15, 0.2) is 58.1 Å². The van der Waals surface area contributed by atoms with Crippen molar-refractivity contribution in [1.29, 1.82) is 0 Å². The summed E-state index contributed by atoms with van der Waals surface area (Å²) >= 11 is 3.40. The molecule has 2 aromatic carbocycles. The minimum Gasteiger partial charge on any atom is -0.374 e. The Balaban J connectivity index is 1.97. The molecular weight excluding hydrogens is 354 g/mol. The number of hydrogen-bond acceptors (Lipinski definition) is 3. The fourth-order valence-corrected chi connectivity index (χ4v) is 2.29. The first-order chi connectivity index (χ1) is 11.0. The maximum atomic E-state index is 12.2. The molecule has 0 aliphatic carbocycles. The molecule has 0 fully saturated rings. The molecule has 4 nitrogen and oxygen atoms in total. The van der Waals surface area contributed by atoms with Gasteiger partial charge in [0.05, 0.1) is 5.71 Å². The van der Waals surface area contributed by atoms with Crippen LogP contribution in [0, 0.1) is 6.92 Å². The fourth-order valence-electron chi connectivity index (χ4n) is 2.03. The number of rotatable bonds is 5. The van der Waals surface area contributed by atoms with Crippen molar-refractivity contribution in [2.45, 2.75) is 26.8 Å². The Kier molecular flexibility index (Phi) is 5.93. The van der Waals surface area contributed by atoms with E-state index < -0.39 is 0 Å². The molecule has 5 heteroatoms. The quantitative estimate of drug-likeness (QED) is 0.612. The van der Waals surface area contributed by atoms with Crippen LogP contribution in [0.5, 0.6) is 0 Å². The Labute approximate surface area is 145 Å². The van der Waals surface area contributed by atoms with Crippen molar-refractivity contribution in [3.63, 3.8) is 0 Å². The molecule has 0 radical (unpaired) electrons. The number of nitrogens with one attached hydrogen (secondary N) is 2. The summed E-state index contributed by atoms with van der Waals surface area (Å²) in [4.78, 5) is 12.2. The van der Waals surface area contributed by atoms with Gasteiger partial charge in [0.1, 0.15) is 6.04 Å². The molecule has 2 N–H and O–H groups in total. The van der Waals surface area contributed by atoms with E-state index in [0.717, 1.165) is 27.0 Å². The zero-order chi connectivity index (χ0) is 16.8. The smallest absolute Gasteiger partial charge is 0.262 e. The van der Waals surface area contributed by atoms with Crippen molar-refractivity contribution in [2.24, 2.45) is 5.10 Å². The van der Waals surface area contributed by atoms with Crippen molar-refractivity contribution < 1.29 is 4.79 Å². The van der Waals surface area contributed by atoms with Gasteiger partial charge in [-0.3, -0.25) is 4.79 Å². The number of hydrazone groups is 1. The van der Waals surface area contributed by atoms with E-state index >= 15 is 0 Å². The van der Waals surface area contributed by atoms with Gasteiger partial charge < -0.3 is 5.32 Å². The number of para-hydroxylation sites is 1. The van der Waals surface area contributed by atoms with Crippen molar-refractivity contribution in [2.75, 3.05) is 5.32 Å². The first-order valence-corrected chi connectivity index (χ1v) is 8.19. The van der Waals surface area contributed by atoms with Crippen molar-refractivity contribution in [1.82, 2.24) is 5.43 Å². The predicted molar refractivity (Wildman–Crippen MR) is 98.8 cm³/mol. The van der Waals surface area contributed by atoms with E-state index in [4.69, 9.17) is 0 Å². The maximum absolute atomic E-state index is 12.2. The molecule has 23 heavy (non-hydrogen) atoms. The highest BCUT2D eigenvalue weighted by molar-refractivity contribution is 9.10. The maximum Gasteiger partial charge on any atom is 0.262 e. The largest absolute Gasteiger partial charge is 0.374 e. The summed E-state index contributed by atoms with van der Waals surface area (Å²) in [6, 6.07) is 15.3. The summed E-state index contributed by atoms with van der Waals surface area (Å²) in [6.45, 7) is 5.68. The number of carbonyl (C=O) groups excluding carboxylic acids is 1. The van der Waals surface area contributed by atoms with Gasteiger partial charge in [-0.05, 0) is 50.1 Å². The lowest BCUT2D eigenvalue weighted by Crippen LogP contribution is -2.35. The second kappa shape index (κ2) is 7.92. The average Bonchev–Trinajstić information content (AvgIpc) is 2.55. The second-order valence-corrected chi connectivity index (χ2v) is 6.28. The number of anilines is 1. The van der Waals surface area contributed by atoms with E-state index in [1.165, 1.54) is 0 Å². The molecular formula is C18H20BrN3O. The normalized spacial score (nSPS) is 12.6. The summed E-state index contributed by atoms with van der Waals surface area (Å²) < 4.78 is 1.01. The highest BCUT2D eigenvalue weighted by atomic mass is 79.9. The summed E-state index contributed by atoms with van der Waals surface area (Å²) in [5.41, 5.74) is 6.38. The molecule has 0 aliphatic heterocycles. The average molecular weight is 374 g/mol. The lowest BCUT2D eigenvalue weighted by atomic mass is 10.1. The van der Waals surface area contributed by atoms with E-state index in [1.54, 1.807) is 0 Å². The van der Waals surface area contributed by atoms with Crippen LogP contribution in [0.2, 0.25) is 0 Å². The zero-order valence-electron chi connectivity index (χ0n) is 13.4. The Hall–Kier alpha value is -2.14. The lowest BCUT2D eigenvalue weighted by molar-refractivity contribution is -0.121. The standard InChI is InChI=1S/C18H20BrN3O/c1-12-6-4-5-7-17(12)20-14(3)18(23)22-21-13(2)15-8-10-16(19)11-9-15/h4-11,14,20H,1-3H3,(H,22,23)/b21-13-/t14-/m0/s1. The fraction of sp³-hybridized carbons (Fsp3) is 0.222. The summed E-state index contributed by atoms with van der Waals surface area (Å²) in [5, 5.41) is 7.36. The number of nitrogens with zero attached hydrogens (tertiary/aromatic N) is 1. The Bertz CT molecular complexity index is 710. The molecule has 2 aromatic rings. The van der Waals surface area contributed by atoms with Crippen LogP contribution < -0.4 is 10.7 Å². The van der Waals surface area contributed by atoms with Crippen LogP contribution in [-0.2, 0) is 4.79 Å². The number of carbonyl (C=O) groups is 1. The van der Waals surface area contributed by atoms with Crippen molar-refractivity contribution >= 4 is 33.2 Å². The van der Waals surface area contributed by atoms with Gasteiger partial charge in [0, 0.05) is 10.2 Å². The third-order valence-corrected chi connectivity index (χ3v) is 4.03. The van der Waals surface area contributed by atoms with Crippen LogP contribution in [0.1, 0.15) is 25.0 Å². The molecule has 0 unspecified atom stereocenters. The highest BCUT2D eigenvalue weighted by Gasteiger charge is 2.12. The van der Waals surface area contributed by atoms with Gasteiger partial charge in [-0.15, -0.1) is 0 Å². The molecule has 0 aromatic heterocycles. The van der Waals surface area contributed by atoms with Gasteiger partial charge in [0.25, 0.3) is 5.91 Å². The van der Waals surface area contributed by atoms with Gasteiger partial charge in [-0.25, -0.2) is 5.43 Å². The van der Waals surface area contributed by atoms with Crippen molar-refractivity contribution in [3.8, 4) is 0 Å². The summed E-state index contributed by atoms with van der Waals surface area (Å²) in [7, 11) is 0. The van der Waals surface area contributed by atoms with E-state index in [0.29, 0.717) is 0 Å². The summed E-state index contributed by atoms with van der Waals surface area (Å²) in [5.74, 6) is -0.176. The van der Waals surface area contributed by atoms with Crippen LogP contribution in [0.25, 0.3) is 0 Å². The molecule has 0 aliphatic rings. The number of aryl methyl sites for hydroxylation is 1. The van der Waals surface area contributed by atoms with E-state index in [1.807, 2.05) is 69.3 Å². The highest BCUT2D eigenvalue weighted by Crippen LogP contribution is 2.14. The van der Waals surface area contributed by atoms with Crippen LogP contribution in [0.3, 0.4) is 0 Å². The van der Waals surface area contributed by atoms with Gasteiger partial charge in [0.2, 0.25) is 0 Å². The molecule has 0 saturated heterocycles. The number of benzene rings is 2. The molecule has 1 atom stereocenters. The summed E-state index contributed by atoms with van der Waals surface area (Å²) in [6.07, 6.45) is 0. The zero-order valence-corrected chi connectivity index (χ0v) is 15.0. The molecule has 1 amide bonds. The lowest BCUT2D eigenvalue weighted by Gasteiger charge is -2.15. The molecule has 120 valence electrons. The molecule has 0 spiro atoms. The third kappa shape index (κ3) is 4.93. The van der Waals surface area contributed by atoms with E-state index in [2.05, 4.69) is 31.8 Å². The van der Waals surface area contributed by atoms with Gasteiger partial charge in [0.15, 0.2) is 0 Å². The van der Waals surface area contributed by atoms with Gasteiger partial charge in [-0.1, -0.05) is 46.3 Å². The monoisotopic (exact) mass is 373 g/mol. The topological polar surface area (TPSA) is 53.5 Å². The van der Waals surface area contributed by atoms with Gasteiger partial charge >= 0.3 is 0 Å². The van der Waals surface area contributed by atoms with E-state index in [9.17, 15) is 4.79 Å². The first kappa shape index (κ1) is 17.2. The minimum absolute atomic E-state index is 0.176. The Morgan fingerprint density at radius 3 is 2.43 bits per heavy atom. The Morgan fingerprint density at radius 1 is 1.13 bits per heavy atom. The third-order valence-electron chi connectivity index (χ3n) is 3.51. The minimum atomic E-state index is -0.377. The predicted octanol–water partition coefficient (Wildman–Crippen LogP) is 4.10. The first-order valence-electron chi connectivity index (χ1n) is 7.39. The van der Waals surface area contributed by atoms with Crippen LogP contribution in [-0.4, -0.2) is 17.7 Å². The molecule has 0 heterocycles. The molecule has 2 rings (SSSR count). The molecule has 0 bridgehead atoms. The second-order valence-electron chi connectivity index (χ2n) is 5.36. The number of amides is 1. The van der Waals surface area contributed by atoms with Crippen LogP contribution in [0.4, 0.5) is 5.69 Å². The number of halogens is 1. The SMILES string of the molecule is C/C(=N/NC(=O)[C@H](C)Nc1ccccc1C)c1ccc(Br)cc1. The van der Waals surface area contributed by atoms with Gasteiger partial charge in [-0.2, -0.15) is 5.10 Å². The molecule has 0 saturated carbocycles. The number of hydrogen-bond donors (Lipinski definition) is 2. The van der Waals surface area contributed by atoms with Crippen LogP contribution >= 0.6 is 15.9 Å². The Morgan fingerprint density at radius 2 is 1.78 bits per heavy atom. The van der Waals surface area contributed by atoms with E-state index in [-0.39, 0.29) is 11.9 Å².